The van der Waals surface area contributed by atoms with Gasteiger partial charge in [0.1, 0.15) is 13.2 Å². The molecule has 1 atom stereocenters. The van der Waals surface area contributed by atoms with E-state index in [4.69, 9.17) is 14.2 Å². The highest BCUT2D eigenvalue weighted by Gasteiger charge is 2.19. The van der Waals surface area contributed by atoms with Crippen LogP contribution in [0.25, 0.3) is 0 Å². The molecule has 6 heteroatoms. The minimum Gasteiger partial charge on any atom is -0.462 e. The molecule has 0 aliphatic rings. The molecule has 0 aromatic rings. The van der Waals surface area contributed by atoms with Crippen molar-refractivity contribution in [1.82, 2.24) is 0 Å². The summed E-state index contributed by atoms with van der Waals surface area (Å²) in [4.78, 5) is 37.9. The van der Waals surface area contributed by atoms with Gasteiger partial charge in [0.15, 0.2) is 6.10 Å². The molecule has 0 N–H and O–H groups in total. The van der Waals surface area contributed by atoms with Gasteiger partial charge in [-0.15, -0.1) is 0 Å². The number of carbonyl (C=O) groups is 3. The number of hydrogen-bond acceptors (Lipinski definition) is 6. The first-order chi connectivity index (χ1) is 29.5. The molecular formula is C54H96O6. The van der Waals surface area contributed by atoms with Gasteiger partial charge < -0.3 is 14.2 Å². The Balaban J connectivity index is 4.40. The molecule has 0 spiro atoms. The van der Waals surface area contributed by atoms with E-state index >= 15 is 0 Å². The lowest BCUT2D eigenvalue weighted by molar-refractivity contribution is -0.167. The monoisotopic (exact) mass is 841 g/mol. The molecule has 0 rings (SSSR count). The zero-order valence-electron chi connectivity index (χ0n) is 39.7. The SMILES string of the molecule is CCCCCCC\C=C/C=C\C=C/CCCCCCCC(=O)OCC(COC(=O)CCCCCCCCCCCCC)OC(=O)CCCCC/C=C\CCCCCCCC. The third kappa shape index (κ3) is 46.4. The average Bonchev–Trinajstić information content (AvgIpc) is 3.24. The Morgan fingerprint density at radius 1 is 0.333 bits per heavy atom. The van der Waals surface area contributed by atoms with Crippen LogP contribution in [0.4, 0.5) is 0 Å². The van der Waals surface area contributed by atoms with Crippen LogP contribution in [0.2, 0.25) is 0 Å². The van der Waals surface area contributed by atoms with E-state index in [1.165, 1.54) is 128 Å². The van der Waals surface area contributed by atoms with Crippen LogP contribution in [0.3, 0.4) is 0 Å². The maximum atomic E-state index is 12.8. The Labute approximate surface area is 371 Å². The largest absolute Gasteiger partial charge is 0.462 e. The Hall–Kier alpha value is -2.63. The van der Waals surface area contributed by atoms with Gasteiger partial charge in [-0.25, -0.2) is 0 Å². The molecule has 0 aromatic carbocycles. The summed E-state index contributed by atoms with van der Waals surface area (Å²) in [6, 6.07) is 0. The molecule has 60 heavy (non-hydrogen) atoms. The molecule has 6 nitrogen and oxygen atoms in total. The Morgan fingerprint density at radius 3 is 0.983 bits per heavy atom. The molecule has 0 aliphatic heterocycles. The summed E-state index contributed by atoms with van der Waals surface area (Å²) in [6.07, 6.45) is 58.0. The van der Waals surface area contributed by atoms with E-state index in [0.29, 0.717) is 19.3 Å². The molecule has 348 valence electrons. The van der Waals surface area contributed by atoms with Crippen LogP contribution in [-0.2, 0) is 28.6 Å². The maximum absolute atomic E-state index is 12.8. The molecule has 0 radical (unpaired) electrons. The zero-order valence-corrected chi connectivity index (χ0v) is 39.7. The van der Waals surface area contributed by atoms with Gasteiger partial charge in [0.2, 0.25) is 0 Å². The first kappa shape index (κ1) is 57.4. The molecule has 0 heterocycles. The van der Waals surface area contributed by atoms with Crippen LogP contribution in [0.15, 0.2) is 48.6 Å². The fourth-order valence-corrected chi connectivity index (χ4v) is 7.20. The number of hydrogen-bond donors (Lipinski definition) is 0. The summed E-state index contributed by atoms with van der Waals surface area (Å²) in [5.74, 6) is -0.916. The van der Waals surface area contributed by atoms with Crippen molar-refractivity contribution < 1.29 is 28.6 Å². The second-order valence-electron chi connectivity index (χ2n) is 17.1. The minimum absolute atomic E-state index is 0.0839. The number of carbonyl (C=O) groups excluding carboxylic acids is 3. The van der Waals surface area contributed by atoms with Gasteiger partial charge in [0, 0.05) is 19.3 Å². The maximum Gasteiger partial charge on any atom is 0.306 e. The summed E-state index contributed by atoms with van der Waals surface area (Å²) in [7, 11) is 0. The Bertz CT molecular complexity index is 1060. The molecule has 0 fully saturated rings. The van der Waals surface area contributed by atoms with E-state index < -0.39 is 6.10 Å². The Kier molecular flexibility index (Phi) is 46.9. The summed E-state index contributed by atoms with van der Waals surface area (Å²) in [5, 5.41) is 0. The Morgan fingerprint density at radius 2 is 0.617 bits per heavy atom. The van der Waals surface area contributed by atoms with Gasteiger partial charge in [0.25, 0.3) is 0 Å². The topological polar surface area (TPSA) is 78.9 Å². The minimum atomic E-state index is -0.785. The first-order valence-corrected chi connectivity index (χ1v) is 25.7. The lowest BCUT2D eigenvalue weighted by atomic mass is 10.1. The quantitative estimate of drug-likeness (QED) is 0.0200. The molecule has 0 aliphatic carbocycles. The number of rotatable bonds is 46. The lowest BCUT2D eigenvalue weighted by Gasteiger charge is -2.18. The van der Waals surface area contributed by atoms with Crippen molar-refractivity contribution in [2.75, 3.05) is 13.2 Å². The smallest absolute Gasteiger partial charge is 0.306 e. The van der Waals surface area contributed by atoms with Crippen molar-refractivity contribution in [3.05, 3.63) is 48.6 Å². The second-order valence-corrected chi connectivity index (χ2v) is 17.1. The van der Waals surface area contributed by atoms with Gasteiger partial charge in [-0.1, -0.05) is 217 Å². The molecule has 0 aromatic heterocycles. The fourth-order valence-electron chi connectivity index (χ4n) is 7.20. The molecule has 0 amide bonds. The van der Waals surface area contributed by atoms with Gasteiger partial charge in [-0.2, -0.15) is 0 Å². The number of ether oxygens (including phenoxy) is 3. The molecule has 0 saturated carbocycles. The van der Waals surface area contributed by atoms with Crippen LogP contribution >= 0.6 is 0 Å². The van der Waals surface area contributed by atoms with Gasteiger partial charge in [0.05, 0.1) is 0 Å². The standard InChI is InChI=1S/C54H96O6/c1-4-7-10-13-16-19-22-24-25-26-27-28-30-32-35-38-41-44-47-53(56)59-50-51(49-58-52(55)46-43-40-37-34-31-21-18-15-12-9-6-3)60-54(57)48-45-42-39-36-33-29-23-20-17-14-11-8-5-2/h22,24-29,33,51H,4-21,23,30-32,34-50H2,1-3H3/b24-22-,26-25-,28-27-,33-29-. The summed E-state index contributed by atoms with van der Waals surface area (Å²) < 4.78 is 16.7. The highest BCUT2D eigenvalue weighted by atomic mass is 16.6. The number of allylic oxidation sites excluding steroid dienone is 8. The van der Waals surface area contributed by atoms with E-state index in [9.17, 15) is 14.4 Å². The predicted octanol–water partition coefficient (Wildman–Crippen LogP) is 16.7. The fraction of sp³-hybridized carbons (Fsp3) is 0.796. The van der Waals surface area contributed by atoms with Crippen LogP contribution in [0.1, 0.15) is 258 Å². The zero-order chi connectivity index (χ0) is 43.7. The van der Waals surface area contributed by atoms with Crippen molar-refractivity contribution in [1.29, 1.82) is 0 Å². The van der Waals surface area contributed by atoms with Crippen LogP contribution in [-0.4, -0.2) is 37.2 Å². The van der Waals surface area contributed by atoms with Crippen molar-refractivity contribution in [3.8, 4) is 0 Å². The number of esters is 3. The molecule has 0 bridgehead atoms. The lowest BCUT2D eigenvalue weighted by Crippen LogP contribution is -2.30. The first-order valence-electron chi connectivity index (χ1n) is 25.7. The van der Waals surface area contributed by atoms with E-state index in [1.54, 1.807) is 0 Å². The molecule has 0 saturated heterocycles. The second kappa shape index (κ2) is 49.0. The van der Waals surface area contributed by atoms with Crippen molar-refractivity contribution in [2.24, 2.45) is 0 Å². The third-order valence-corrected chi connectivity index (χ3v) is 11.1. The third-order valence-electron chi connectivity index (χ3n) is 11.1. The van der Waals surface area contributed by atoms with Crippen LogP contribution in [0.5, 0.6) is 0 Å². The normalized spacial score (nSPS) is 12.4. The van der Waals surface area contributed by atoms with E-state index in [1.807, 2.05) is 0 Å². The van der Waals surface area contributed by atoms with E-state index in [-0.39, 0.29) is 31.1 Å². The highest BCUT2D eigenvalue weighted by Crippen LogP contribution is 2.14. The van der Waals surface area contributed by atoms with Gasteiger partial charge in [-0.3, -0.25) is 14.4 Å². The van der Waals surface area contributed by atoms with Crippen molar-refractivity contribution >= 4 is 17.9 Å². The van der Waals surface area contributed by atoms with Gasteiger partial charge in [-0.05, 0) is 70.6 Å². The summed E-state index contributed by atoms with van der Waals surface area (Å²) in [5.41, 5.74) is 0. The highest BCUT2D eigenvalue weighted by molar-refractivity contribution is 5.71. The van der Waals surface area contributed by atoms with Crippen LogP contribution < -0.4 is 0 Å². The predicted molar refractivity (Wildman–Crippen MR) is 256 cm³/mol. The summed E-state index contributed by atoms with van der Waals surface area (Å²) in [6.45, 7) is 6.58. The van der Waals surface area contributed by atoms with Crippen LogP contribution in [0, 0.1) is 0 Å². The van der Waals surface area contributed by atoms with Crippen molar-refractivity contribution in [3.63, 3.8) is 0 Å². The summed E-state index contributed by atoms with van der Waals surface area (Å²) >= 11 is 0. The van der Waals surface area contributed by atoms with Gasteiger partial charge >= 0.3 is 17.9 Å². The number of unbranched alkanes of at least 4 members (excludes halogenated alkanes) is 29. The molecular weight excluding hydrogens is 745 g/mol. The molecule has 1 unspecified atom stereocenters. The van der Waals surface area contributed by atoms with Crippen molar-refractivity contribution in [2.45, 2.75) is 264 Å². The average molecular weight is 841 g/mol. The van der Waals surface area contributed by atoms with E-state index in [0.717, 1.165) is 89.9 Å². The van der Waals surface area contributed by atoms with E-state index in [2.05, 4.69) is 69.4 Å².